The first-order chi connectivity index (χ1) is 13.3. The van der Waals surface area contributed by atoms with E-state index >= 15 is 0 Å². The summed E-state index contributed by atoms with van der Waals surface area (Å²) >= 11 is 7.75. The highest BCUT2D eigenvalue weighted by molar-refractivity contribution is 7.22. The van der Waals surface area contributed by atoms with E-state index in [1.54, 1.807) is 28.4 Å². The van der Waals surface area contributed by atoms with E-state index in [0.29, 0.717) is 11.6 Å². The van der Waals surface area contributed by atoms with Crippen molar-refractivity contribution < 1.29 is 4.79 Å². The van der Waals surface area contributed by atoms with Crippen LogP contribution in [0, 0.1) is 13.8 Å². The van der Waals surface area contributed by atoms with Gasteiger partial charge in [0.1, 0.15) is 0 Å². The highest BCUT2D eigenvalue weighted by Gasteiger charge is 2.19. The minimum atomic E-state index is -0.102. The van der Waals surface area contributed by atoms with E-state index in [1.807, 2.05) is 38.4 Å². The molecule has 7 heteroatoms. The first kappa shape index (κ1) is 23.4. The maximum Gasteiger partial charge on any atom is 0.252 e. The zero-order valence-electron chi connectivity index (χ0n) is 17.0. The monoisotopic (exact) mass is 449 g/mol. The lowest BCUT2D eigenvalue weighted by molar-refractivity contribution is -0.114. The zero-order valence-corrected chi connectivity index (χ0v) is 19.4. The van der Waals surface area contributed by atoms with Gasteiger partial charge in [0.25, 0.3) is 5.91 Å². The molecular formula is C22H25Cl2N3OS. The molecule has 2 aromatic carbocycles. The Balaban J connectivity index is 0.00000300. The fraction of sp³-hybridized carbons (Fsp3) is 0.273. The molecule has 0 saturated heterocycles. The van der Waals surface area contributed by atoms with Crippen LogP contribution < -0.4 is 4.90 Å². The normalized spacial score (nSPS) is 11.2. The third kappa shape index (κ3) is 5.80. The van der Waals surface area contributed by atoms with E-state index in [2.05, 4.69) is 30.9 Å². The minimum absolute atomic E-state index is 0. The van der Waals surface area contributed by atoms with Gasteiger partial charge in [-0.05, 0) is 62.8 Å². The lowest BCUT2D eigenvalue weighted by Gasteiger charge is -2.20. The van der Waals surface area contributed by atoms with Crippen molar-refractivity contribution in [2.24, 2.45) is 0 Å². The molecule has 29 heavy (non-hydrogen) atoms. The van der Waals surface area contributed by atoms with Crippen molar-refractivity contribution in [3.05, 3.63) is 64.2 Å². The van der Waals surface area contributed by atoms with Crippen molar-refractivity contribution in [1.29, 1.82) is 0 Å². The Morgan fingerprint density at radius 3 is 2.59 bits per heavy atom. The molecular weight excluding hydrogens is 425 g/mol. The molecule has 0 spiro atoms. The maximum atomic E-state index is 13.0. The number of carbonyl (C=O) groups is 1. The third-order valence-corrected chi connectivity index (χ3v) is 5.77. The number of carbonyl (C=O) groups excluding carboxylic acids is 1. The molecule has 0 saturated carbocycles. The van der Waals surface area contributed by atoms with Crippen LogP contribution in [0.2, 0.25) is 5.02 Å². The standard InChI is InChI=1S/C22H24ClN3OS.ClH/c1-15-13-16(2)21-19(14-15)28-22(24-21)26(12-11-25(3)4)20(27)10-9-17-7-5-6-8-18(17)23;/h5-10,13-14H,11-12H2,1-4H3;1H. The number of thiazole rings is 1. The molecule has 0 N–H and O–H groups in total. The predicted octanol–water partition coefficient (Wildman–Crippen LogP) is 5.60. The Kier molecular flexibility index (Phi) is 8.23. The molecule has 4 nitrogen and oxygen atoms in total. The molecule has 0 bridgehead atoms. The lowest BCUT2D eigenvalue weighted by atomic mass is 10.1. The number of nitrogens with zero attached hydrogens (tertiary/aromatic N) is 3. The van der Waals surface area contributed by atoms with Gasteiger partial charge >= 0.3 is 0 Å². The third-order valence-electron chi connectivity index (χ3n) is 4.40. The molecule has 3 aromatic rings. The van der Waals surface area contributed by atoms with E-state index in [1.165, 1.54) is 5.56 Å². The summed E-state index contributed by atoms with van der Waals surface area (Å²) in [7, 11) is 3.99. The van der Waals surface area contributed by atoms with Crippen LogP contribution in [0.4, 0.5) is 5.13 Å². The van der Waals surface area contributed by atoms with Crippen molar-refractivity contribution in [2.75, 3.05) is 32.1 Å². The minimum Gasteiger partial charge on any atom is -0.308 e. The van der Waals surface area contributed by atoms with Crippen LogP contribution in [0.1, 0.15) is 16.7 Å². The fourth-order valence-electron chi connectivity index (χ4n) is 2.94. The maximum absolute atomic E-state index is 13.0. The Hall–Kier alpha value is -1.92. The van der Waals surface area contributed by atoms with Crippen LogP contribution in [0.3, 0.4) is 0 Å². The second-order valence-corrected chi connectivity index (χ2v) is 8.49. The average molecular weight is 450 g/mol. The quantitative estimate of drug-likeness (QED) is 0.459. The predicted molar refractivity (Wildman–Crippen MR) is 128 cm³/mol. The molecule has 1 amide bonds. The molecule has 0 aliphatic heterocycles. The summed E-state index contributed by atoms with van der Waals surface area (Å²) in [5.41, 5.74) is 4.11. The van der Waals surface area contributed by atoms with Crippen LogP contribution in [0.15, 0.2) is 42.5 Å². The molecule has 1 heterocycles. The molecule has 0 unspecified atom stereocenters. The molecule has 0 atom stereocenters. The number of aryl methyl sites for hydroxylation is 2. The molecule has 154 valence electrons. The van der Waals surface area contributed by atoms with Gasteiger partial charge in [-0.1, -0.05) is 47.2 Å². The van der Waals surface area contributed by atoms with Gasteiger partial charge in [-0.25, -0.2) is 4.98 Å². The van der Waals surface area contributed by atoms with E-state index in [4.69, 9.17) is 16.6 Å². The number of rotatable bonds is 6. The number of benzene rings is 2. The highest BCUT2D eigenvalue weighted by Crippen LogP contribution is 2.32. The summed E-state index contributed by atoms with van der Waals surface area (Å²) in [5, 5.41) is 1.34. The lowest BCUT2D eigenvalue weighted by Crippen LogP contribution is -2.35. The van der Waals surface area contributed by atoms with Gasteiger partial charge in [-0.15, -0.1) is 12.4 Å². The zero-order chi connectivity index (χ0) is 20.3. The number of amides is 1. The van der Waals surface area contributed by atoms with Crippen molar-refractivity contribution >= 4 is 62.7 Å². The molecule has 3 rings (SSSR count). The molecule has 0 aliphatic rings. The number of anilines is 1. The van der Waals surface area contributed by atoms with Crippen molar-refractivity contribution in [3.8, 4) is 0 Å². The van der Waals surface area contributed by atoms with Gasteiger partial charge in [-0.2, -0.15) is 0 Å². The molecule has 1 aromatic heterocycles. The molecule has 0 fully saturated rings. The Morgan fingerprint density at radius 2 is 1.90 bits per heavy atom. The van der Waals surface area contributed by atoms with Crippen molar-refractivity contribution in [3.63, 3.8) is 0 Å². The summed E-state index contributed by atoms with van der Waals surface area (Å²) in [6.07, 6.45) is 3.33. The summed E-state index contributed by atoms with van der Waals surface area (Å²) in [4.78, 5) is 21.6. The van der Waals surface area contributed by atoms with Crippen LogP contribution in [-0.4, -0.2) is 43.0 Å². The number of aromatic nitrogens is 1. The summed E-state index contributed by atoms with van der Waals surface area (Å²) in [6.45, 7) is 5.45. The van der Waals surface area contributed by atoms with E-state index < -0.39 is 0 Å². The second kappa shape index (κ2) is 10.2. The Morgan fingerprint density at radius 1 is 1.17 bits per heavy atom. The van der Waals surface area contributed by atoms with Gasteiger partial charge < -0.3 is 4.90 Å². The summed E-state index contributed by atoms with van der Waals surface area (Å²) < 4.78 is 1.10. The number of fused-ring (bicyclic) bond motifs is 1. The second-order valence-electron chi connectivity index (χ2n) is 7.07. The van der Waals surface area contributed by atoms with E-state index in [-0.39, 0.29) is 18.3 Å². The highest BCUT2D eigenvalue weighted by atomic mass is 35.5. The SMILES string of the molecule is Cc1cc(C)c2nc(N(CCN(C)C)C(=O)C=Cc3ccccc3Cl)sc2c1.Cl. The smallest absolute Gasteiger partial charge is 0.252 e. The van der Waals surface area contributed by atoms with Crippen LogP contribution in [0.25, 0.3) is 16.3 Å². The van der Waals surface area contributed by atoms with Crippen LogP contribution in [0.5, 0.6) is 0 Å². The van der Waals surface area contributed by atoms with Gasteiger partial charge in [0, 0.05) is 24.2 Å². The Bertz CT molecular complexity index is 1030. The van der Waals surface area contributed by atoms with Gasteiger partial charge in [-0.3, -0.25) is 9.69 Å². The first-order valence-electron chi connectivity index (χ1n) is 9.12. The van der Waals surface area contributed by atoms with Crippen molar-refractivity contribution in [1.82, 2.24) is 9.88 Å². The number of halogens is 2. The van der Waals surface area contributed by atoms with Crippen molar-refractivity contribution in [2.45, 2.75) is 13.8 Å². The number of hydrogen-bond acceptors (Lipinski definition) is 4. The Labute approximate surface area is 187 Å². The van der Waals surface area contributed by atoms with Crippen LogP contribution in [-0.2, 0) is 4.79 Å². The van der Waals surface area contributed by atoms with Gasteiger partial charge in [0.15, 0.2) is 5.13 Å². The van der Waals surface area contributed by atoms with E-state index in [9.17, 15) is 4.79 Å². The van der Waals surface area contributed by atoms with Gasteiger partial charge in [0.2, 0.25) is 0 Å². The van der Waals surface area contributed by atoms with Gasteiger partial charge in [0.05, 0.1) is 10.2 Å². The first-order valence-corrected chi connectivity index (χ1v) is 10.3. The fourth-order valence-corrected chi connectivity index (χ4v) is 4.31. The molecule has 0 radical (unpaired) electrons. The summed E-state index contributed by atoms with van der Waals surface area (Å²) in [5.74, 6) is -0.102. The molecule has 0 aliphatic carbocycles. The largest absolute Gasteiger partial charge is 0.308 e. The van der Waals surface area contributed by atoms with Crippen LogP contribution >= 0.6 is 35.3 Å². The average Bonchev–Trinajstić information content (AvgIpc) is 3.05. The number of hydrogen-bond donors (Lipinski definition) is 0. The van der Waals surface area contributed by atoms with E-state index in [0.717, 1.165) is 33.0 Å². The summed E-state index contributed by atoms with van der Waals surface area (Å²) in [6, 6.07) is 11.7. The topological polar surface area (TPSA) is 36.4 Å². The number of likely N-dealkylation sites (N-methyl/N-ethyl adjacent to an activating group) is 1.